The van der Waals surface area contributed by atoms with Gasteiger partial charge >= 0.3 is 5.97 Å². The summed E-state index contributed by atoms with van der Waals surface area (Å²) < 4.78 is 48.1. The first-order chi connectivity index (χ1) is 16.1. The van der Waals surface area contributed by atoms with Gasteiger partial charge in [-0.15, -0.1) is 0 Å². The molecule has 0 amide bonds. The summed E-state index contributed by atoms with van der Waals surface area (Å²) in [5.74, 6) is -2.02. The highest BCUT2D eigenvalue weighted by Gasteiger charge is 2.37. The average Bonchev–Trinajstić information content (AvgIpc) is 3.09. The minimum atomic E-state index is -3.86. The van der Waals surface area contributed by atoms with E-state index in [1.165, 1.54) is 35.0 Å². The van der Waals surface area contributed by atoms with Crippen LogP contribution in [-0.4, -0.2) is 49.8 Å². The highest BCUT2D eigenvalue weighted by atomic mass is 32.2. The zero-order valence-corrected chi connectivity index (χ0v) is 22.1. The van der Waals surface area contributed by atoms with Crippen LogP contribution in [0.1, 0.15) is 37.6 Å². The lowest BCUT2D eigenvalue weighted by molar-refractivity contribution is 0.0699. The smallest absolute Gasteiger partial charge is 0.340 e. The number of sulfonamides is 1. The van der Waals surface area contributed by atoms with Crippen LogP contribution >= 0.6 is 0 Å². The molecule has 0 radical (unpaired) electrons. The third-order valence-corrected chi connectivity index (χ3v) is 12.1. The summed E-state index contributed by atoms with van der Waals surface area (Å²) >= 11 is 0. The van der Waals surface area contributed by atoms with E-state index in [2.05, 4.69) is 43.7 Å². The Kier molecular flexibility index (Phi) is 7.30. The van der Waals surface area contributed by atoms with Gasteiger partial charge in [-0.1, -0.05) is 20.8 Å². The Morgan fingerprint density at radius 3 is 2.43 bits per heavy atom. The Morgan fingerprint density at radius 2 is 1.86 bits per heavy atom. The summed E-state index contributed by atoms with van der Waals surface area (Å²) in [7, 11) is -5.86. The lowest BCUT2D eigenvalue weighted by Crippen LogP contribution is -2.41. The number of hydrogen-bond acceptors (Lipinski definition) is 5. The number of aromatic amines is 1. The minimum absolute atomic E-state index is 0.00578. The van der Waals surface area contributed by atoms with E-state index in [4.69, 9.17) is 4.43 Å². The van der Waals surface area contributed by atoms with Crippen LogP contribution in [0.4, 0.5) is 10.1 Å². The quantitative estimate of drug-likeness (QED) is 0.283. The van der Waals surface area contributed by atoms with E-state index in [0.717, 1.165) is 6.07 Å². The Labute approximate surface area is 204 Å². The van der Waals surface area contributed by atoms with Gasteiger partial charge in [-0.2, -0.15) is 0 Å². The number of aromatic nitrogens is 2. The molecule has 0 aliphatic carbocycles. The van der Waals surface area contributed by atoms with Crippen molar-refractivity contribution in [2.24, 2.45) is 0 Å². The molecule has 3 rings (SSSR count). The van der Waals surface area contributed by atoms with Crippen molar-refractivity contribution in [1.29, 1.82) is 0 Å². The maximum absolute atomic E-state index is 13.3. The van der Waals surface area contributed by atoms with Gasteiger partial charge in [0, 0.05) is 18.2 Å². The van der Waals surface area contributed by atoms with E-state index in [9.17, 15) is 27.5 Å². The molecule has 0 aliphatic heterocycles. The molecule has 2 heterocycles. The van der Waals surface area contributed by atoms with Crippen molar-refractivity contribution in [3.05, 3.63) is 58.1 Å². The van der Waals surface area contributed by atoms with Gasteiger partial charge in [-0.25, -0.2) is 17.6 Å². The van der Waals surface area contributed by atoms with Crippen LogP contribution in [0.25, 0.3) is 16.8 Å². The second kappa shape index (κ2) is 9.59. The molecule has 12 heteroatoms. The van der Waals surface area contributed by atoms with E-state index in [-0.39, 0.29) is 46.3 Å². The fraction of sp³-hybridized carbons (Fsp3) is 0.391. The fourth-order valence-electron chi connectivity index (χ4n) is 3.25. The van der Waals surface area contributed by atoms with E-state index in [0.29, 0.717) is 5.56 Å². The topological polar surface area (TPSA) is 130 Å². The van der Waals surface area contributed by atoms with Crippen molar-refractivity contribution in [2.45, 2.75) is 45.3 Å². The van der Waals surface area contributed by atoms with Gasteiger partial charge in [-0.3, -0.25) is 19.1 Å². The molecule has 0 aliphatic rings. The average molecular weight is 524 g/mol. The first-order valence-corrected chi connectivity index (χ1v) is 15.6. The molecule has 0 saturated heterocycles. The minimum Gasteiger partial charge on any atom is -0.478 e. The molecular weight excluding hydrogens is 493 g/mol. The first-order valence-electron chi connectivity index (χ1n) is 11.0. The largest absolute Gasteiger partial charge is 0.478 e. The van der Waals surface area contributed by atoms with Crippen molar-refractivity contribution in [1.82, 2.24) is 9.61 Å². The summed E-state index contributed by atoms with van der Waals surface area (Å²) in [5, 5.41) is 12.6. The predicted molar refractivity (Wildman–Crippen MR) is 136 cm³/mol. The van der Waals surface area contributed by atoms with E-state index in [1.54, 1.807) is 0 Å². The third-order valence-electron chi connectivity index (χ3n) is 6.23. The molecule has 3 aromatic rings. The maximum Gasteiger partial charge on any atom is 0.340 e. The fourth-order valence-corrected chi connectivity index (χ4v) is 5.43. The van der Waals surface area contributed by atoms with Crippen LogP contribution in [0.2, 0.25) is 18.1 Å². The summed E-state index contributed by atoms with van der Waals surface area (Å²) in [6.07, 6.45) is 1.45. The molecule has 0 bridgehead atoms. The molecule has 2 aromatic heterocycles. The second-order valence-corrected chi connectivity index (χ2v) is 16.5. The number of nitrogens with one attached hydrogen (secondary N) is 2. The van der Waals surface area contributed by atoms with Gasteiger partial charge < -0.3 is 9.53 Å². The number of aromatic carboxylic acids is 1. The van der Waals surface area contributed by atoms with Crippen molar-refractivity contribution < 1.29 is 27.1 Å². The molecule has 0 fully saturated rings. The Morgan fingerprint density at radius 1 is 1.23 bits per heavy atom. The number of carboxylic acids is 1. The van der Waals surface area contributed by atoms with Gasteiger partial charge in [0.1, 0.15) is 17.1 Å². The van der Waals surface area contributed by atoms with Gasteiger partial charge in [0.2, 0.25) is 15.5 Å². The molecule has 190 valence electrons. The van der Waals surface area contributed by atoms with Crippen LogP contribution in [0.5, 0.6) is 0 Å². The zero-order chi connectivity index (χ0) is 26.2. The summed E-state index contributed by atoms with van der Waals surface area (Å²) in [6.45, 7) is 10.7. The van der Waals surface area contributed by atoms with Crippen LogP contribution in [0, 0.1) is 5.82 Å². The van der Waals surface area contributed by atoms with Crippen molar-refractivity contribution in [3.8, 4) is 11.3 Å². The Hall–Kier alpha value is -2.96. The van der Waals surface area contributed by atoms with Crippen molar-refractivity contribution in [3.63, 3.8) is 0 Å². The van der Waals surface area contributed by atoms with E-state index < -0.39 is 35.6 Å². The molecule has 0 unspecified atom stereocenters. The number of halogens is 1. The molecule has 0 spiro atoms. The number of pyridine rings is 1. The lowest BCUT2D eigenvalue weighted by atomic mass is 10.1. The molecule has 1 aromatic carbocycles. The van der Waals surface area contributed by atoms with Crippen molar-refractivity contribution in [2.75, 3.05) is 17.1 Å². The molecule has 0 saturated carbocycles. The number of carboxylic acid groups (broad SMARTS) is 1. The molecule has 35 heavy (non-hydrogen) atoms. The summed E-state index contributed by atoms with van der Waals surface area (Å²) in [5.41, 5.74) is -0.503. The first kappa shape index (κ1) is 26.6. The van der Waals surface area contributed by atoms with Crippen LogP contribution in [0.15, 0.2) is 41.3 Å². The summed E-state index contributed by atoms with van der Waals surface area (Å²) in [4.78, 5) is 24.5. The van der Waals surface area contributed by atoms with Gasteiger partial charge in [0.05, 0.1) is 23.2 Å². The van der Waals surface area contributed by atoms with Crippen LogP contribution in [-0.2, 0) is 14.4 Å². The normalized spacial score (nSPS) is 12.7. The highest BCUT2D eigenvalue weighted by molar-refractivity contribution is 7.92. The van der Waals surface area contributed by atoms with Gasteiger partial charge in [-0.05, 0) is 48.8 Å². The number of anilines is 1. The third kappa shape index (κ3) is 6.00. The van der Waals surface area contributed by atoms with E-state index in [1.807, 2.05) is 0 Å². The zero-order valence-electron chi connectivity index (χ0n) is 20.3. The molecule has 3 N–H and O–H groups in total. The van der Waals surface area contributed by atoms with E-state index >= 15 is 0 Å². The monoisotopic (exact) mass is 523 g/mol. The SMILES string of the molecule is CC(C)(C)[Si](C)(C)OCCCS(=O)(=O)Nc1cn2[nH]c(-c3ccc(F)cc3)c(C(=O)O)c2cc1=O. The second-order valence-electron chi connectivity index (χ2n) is 9.86. The van der Waals surface area contributed by atoms with Crippen LogP contribution < -0.4 is 10.2 Å². The Balaban J connectivity index is 1.83. The van der Waals surface area contributed by atoms with Crippen molar-refractivity contribution >= 4 is 35.5 Å². The lowest BCUT2D eigenvalue weighted by Gasteiger charge is -2.36. The molecular formula is C23H30FN3O6SSi. The number of nitrogens with zero attached hydrogens (tertiary/aromatic N) is 1. The molecule has 0 atom stereocenters. The highest BCUT2D eigenvalue weighted by Crippen LogP contribution is 2.36. The van der Waals surface area contributed by atoms with Gasteiger partial charge in [0.25, 0.3) is 0 Å². The number of fused-ring (bicyclic) bond motifs is 1. The standard InChI is InChI=1S/C23H30FN3O6SSi/c1-23(2,3)35(4,5)33-11-6-12-34(31,32)26-17-14-27-18(13-19(17)28)20(22(29)30)21(25-27)15-7-9-16(24)10-8-15/h7-10,13-14,25-26H,6,11-12H2,1-5H3,(H,29,30). The summed E-state index contributed by atoms with van der Waals surface area (Å²) in [6, 6.07) is 6.22. The van der Waals surface area contributed by atoms with Crippen LogP contribution in [0.3, 0.4) is 0 Å². The maximum atomic E-state index is 13.3. The number of carbonyl (C=O) groups is 1. The number of hydrogen-bond donors (Lipinski definition) is 3. The number of rotatable bonds is 9. The molecule has 9 nitrogen and oxygen atoms in total. The van der Waals surface area contributed by atoms with Gasteiger partial charge in [0.15, 0.2) is 8.32 Å². The Bertz CT molecular complexity index is 1410. The number of benzene rings is 1. The number of H-pyrrole nitrogens is 1. The predicted octanol–water partition coefficient (Wildman–Crippen LogP) is 4.29.